The second-order valence-corrected chi connectivity index (χ2v) is 12.4. The molecule has 2 aliphatic heterocycles. The molecule has 2 heterocycles. The van der Waals surface area contributed by atoms with Crippen LogP contribution in [0.15, 0.2) is 11.1 Å². The predicted molar refractivity (Wildman–Crippen MR) is 120 cm³/mol. The van der Waals surface area contributed by atoms with E-state index in [9.17, 15) is 5.11 Å². The van der Waals surface area contributed by atoms with Gasteiger partial charge in [0.05, 0.1) is 17.8 Å². The van der Waals surface area contributed by atoms with Gasteiger partial charge in [-0.15, -0.1) is 0 Å². The van der Waals surface area contributed by atoms with Crippen molar-refractivity contribution in [1.29, 1.82) is 0 Å². The van der Waals surface area contributed by atoms with Crippen LogP contribution in [0.1, 0.15) is 91.4 Å². The lowest BCUT2D eigenvalue weighted by atomic mass is 9.52. The second-order valence-electron chi connectivity index (χ2n) is 12.4. The Morgan fingerprint density at radius 2 is 1.97 bits per heavy atom. The lowest BCUT2D eigenvalue weighted by molar-refractivity contribution is -0.0775. The van der Waals surface area contributed by atoms with E-state index in [1.54, 1.807) is 5.57 Å². The fourth-order valence-corrected chi connectivity index (χ4v) is 9.60. The number of rotatable bonds is 0. The van der Waals surface area contributed by atoms with Crippen molar-refractivity contribution in [2.45, 2.75) is 115 Å². The first-order valence-electron chi connectivity index (χ1n) is 13.2. The number of fused-ring (bicyclic) bond motifs is 6. The molecule has 30 heavy (non-hydrogen) atoms. The van der Waals surface area contributed by atoms with Crippen LogP contribution in [0.25, 0.3) is 0 Å². The van der Waals surface area contributed by atoms with Gasteiger partial charge in [0.2, 0.25) is 0 Å². The number of hydrogen-bond donors (Lipinski definition) is 2. The Labute approximate surface area is 183 Å². The highest BCUT2D eigenvalue weighted by Crippen LogP contribution is 2.65. The number of ether oxygens (including phenoxy) is 1. The SMILES string of the molecule is CC1=C2C[C@H]3[C@@H](CC[C@@H]4C[C@H](O)CC[C@@]43C)[C@@H]2CC[C@@]2(C1)O[C@@H]1CCCN[C@H]1[C@H]2C. The van der Waals surface area contributed by atoms with Crippen molar-refractivity contribution < 1.29 is 9.84 Å². The van der Waals surface area contributed by atoms with Crippen molar-refractivity contribution in [3.05, 3.63) is 11.1 Å². The van der Waals surface area contributed by atoms with Crippen LogP contribution >= 0.6 is 0 Å². The van der Waals surface area contributed by atoms with E-state index in [1.807, 2.05) is 5.57 Å². The fourth-order valence-electron chi connectivity index (χ4n) is 9.60. The second kappa shape index (κ2) is 7.06. The molecule has 6 aliphatic rings. The Bertz CT molecular complexity index is 732. The molecule has 0 radical (unpaired) electrons. The average Bonchev–Trinajstić information content (AvgIpc) is 3.19. The molecule has 0 aromatic rings. The van der Waals surface area contributed by atoms with Crippen molar-refractivity contribution in [2.24, 2.45) is 35.0 Å². The van der Waals surface area contributed by atoms with Crippen LogP contribution in [0, 0.1) is 35.0 Å². The van der Waals surface area contributed by atoms with Gasteiger partial charge < -0.3 is 15.2 Å². The van der Waals surface area contributed by atoms with E-state index >= 15 is 0 Å². The van der Waals surface area contributed by atoms with Crippen LogP contribution in [-0.4, -0.2) is 35.5 Å². The number of nitrogens with one attached hydrogen (secondary N) is 1. The van der Waals surface area contributed by atoms with Gasteiger partial charge in [0, 0.05) is 12.0 Å². The summed E-state index contributed by atoms with van der Waals surface area (Å²) in [5.74, 6) is 3.94. The summed E-state index contributed by atoms with van der Waals surface area (Å²) in [7, 11) is 0. The van der Waals surface area contributed by atoms with Crippen molar-refractivity contribution in [3.63, 3.8) is 0 Å². The van der Waals surface area contributed by atoms with Crippen LogP contribution in [0.4, 0.5) is 0 Å². The third-order valence-electron chi connectivity index (χ3n) is 11.3. The first kappa shape index (κ1) is 20.2. The van der Waals surface area contributed by atoms with Gasteiger partial charge in [0.25, 0.3) is 0 Å². The standard InChI is InChI=1S/C27H43NO2/c1-16-15-27(17(2)25-24(30-27)5-4-12-28-25)11-9-20-21-7-6-18-13-19(29)8-10-26(18,3)23(21)14-22(16)20/h17-21,23-25,28-29H,4-15H2,1-3H3/t17-,18-,19-,20+,21+,23+,24-,25+,26+,27+/m1/s1. The highest BCUT2D eigenvalue weighted by atomic mass is 16.5. The van der Waals surface area contributed by atoms with Gasteiger partial charge in [-0.25, -0.2) is 0 Å². The van der Waals surface area contributed by atoms with Crippen LogP contribution in [-0.2, 0) is 4.74 Å². The van der Waals surface area contributed by atoms with Gasteiger partial charge in [-0.3, -0.25) is 0 Å². The van der Waals surface area contributed by atoms with E-state index < -0.39 is 0 Å². The molecule has 0 unspecified atom stereocenters. The zero-order valence-corrected chi connectivity index (χ0v) is 19.5. The van der Waals surface area contributed by atoms with E-state index in [4.69, 9.17) is 4.74 Å². The molecular formula is C27H43NO2. The van der Waals surface area contributed by atoms with Crippen LogP contribution in [0.2, 0.25) is 0 Å². The molecule has 3 nitrogen and oxygen atoms in total. The molecule has 0 bridgehead atoms. The number of piperidine rings is 1. The van der Waals surface area contributed by atoms with E-state index in [1.165, 1.54) is 64.3 Å². The van der Waals surface area contributed by atoms with Crippen LogP contribution < -0.4 is 5.32 Å². The molecule has 0 aromatic carbocycles. The molecule has 168 valence electrons. The number of aliphatic hydroxyl groups excluding tert-OH is 1. The predicted octanol–water partition coefficient (Wildman–Crippen LogP) is 5.23. The van der Waals surface area contributed by atoms with Gasteiger partial charge >= 0.3 is 0 Å². The van der Waals surface area contributed by atoms with Crippen molar-refractivity contribution in [3.8, 4) is 0 Å². The summed E-state index contributed by atoms with van der Waals surface area (Å²) in [6.07, 6.45) is 14.1. The van der Waals surface area contributed by atoms with Gasteiger partial charge in [-0.1, -0.05) is 25.0 Å². The maximum absolute atomic E-state index is 10.3. The first-order chi connectivity index (χ1) is 14.4. The first-order valence-corrected chi connectivity index (χ1v) is 13.2. The van der Waals surface area contributed by atoms with E-state index in [-0.39, 0.29) is 11.7 Å². The maximum Gasteiger partial charge on any atom is 0.0765 e. The van der Waals surface area contributed by atoms with Crippen LogP contribution in [0.5, 0.6) is 0 Å². The minimum atomic E-state index is -0.0366. The lowest BCUT2D eigenvalue weighted by Crippen LogP contribution is -2.47. The van der Waals surface area contributed by atoms with Gasteiger partial charge in [0.1, 0.15) is 0 Å². The van der Waals surface area contributed by atoms with Crippen molar-refractivity contribution >= 4 is 0 Å². The largest absolute Gasteiger partial charge is 0.393 e. The van der Waals surface area contributed by atoms with E-state index in [2.05, 4.69) is 26.1 Å². The smallest absolute Gasteiger partial charge is 0.0765 e. The fraction of sp³-hybridized carbons (Fsp3) is 0.926. The molecule has 2 N–H and O–H groups in total. The Morgan fingerprint density at radius 1 is 1.10 bits per heavy atom. The zero-order chi connectivity index (χ0) is 20.7. The maximum atomic E-state index is 10.3. The third-order valence-corrected chi connectivity index (χ3v) is 11.3. The Hall–Kier alpha value is -0.380. The Morgan fingerprint density at radius 3 is 2.80 bits per heavy atom. The average molecular weight is 414 g/mol. The summed E-state index contributed by atoms with van der Waals surface area (Å²) in [4.78, 5) is 0. The van der Waals surface area contributed by atoms with Crippen LogP contribution in [0.3, 0.4) is 0 Å². The molecule has 0 amide bonds. The molecule has 2 saturated heterocycles. The molecule has 4 aliphatic carbocycles. The minimum absolute atomic E-state index is 0.0366. The molecule has 10 atom stereocenters. The minimum Gasteiger partial charge on any atom is -0.393 e. The third kappa shape index (κ3) is 2.80. The van der Waals surface area contributed by atoms with Crippen molar-refractivity contribution in [1.82, 2.24) is 5.32 Å². The highest BCUT2D eigenvalue weighted by Gasteiger charge is 2.59. The van der Waals surface area contributed by atoms with Crippen molar-refractivity contribution in [2.75, 3.05) is 6.54 Å². The normalized spacial score (nSPS) is 55.6. The summed E-state index contributed by atoms with van der Waals surface area (Å²) in [5, 5.41) is 14.1. The zero-order valence-electron chi connectivity index (χ0n) is 19.5. The quantitative estimate of drug-likeness (QED) is 0.535. The monoisotopic (exact) mass is 413 g/mol. The summed E-state index contributed by atoms with van der Waals surface area (Å²) < 4.78 is 6.95. The molecular weight excluding hydrogens is 370 g/mol. The highest BCUT2D eigenvalue weighted by molar-refractivity contribution is 5.29. The molecule has 3 heteroatoms. The summed E-state index contributed by atoms with van der Waals surface area (Å²) in [6.45, 7) is 8.71. The molecule has 0 aromatic heterocycles. The summed E-state index contributed by atoms with van der Waals surface area (Å²) >= 11 is 0. The topological polar surface area (TPSA) is 41.5 Å². The molecule has 5 fully saturated rings. The number of hydrogen-bond acceptors (Lipinski definition) is 3. The summed E-state index contributed by atoms with van der Waals surface area (Å²) in [6, 6.07) is 0.574. The van der Waals surface area contributed by atoms with E-state index in [0.29, 0.717) is 23.5 Å². The van der Waals surface area contributed by atoms with Gasteiger partial charge in [-0.2, -0.15) is 0 Å². The number of allylic oxidation sites excluding steroid dienone is 1. The number of aliphatic hydroxyl groups is 1. The summed E-state index contributed by atoms with van der Waals surface area (Å²) in [5.41, 5.74) is 4.08. The van der Waals surface area contributed by atoms with Gasteiger partial charge in [-0.05, 0) is 113 Å². The molecule has 1 spiro atoms. The van der Waals surface area contributed by atoms with Gasteiger partial charge in [0.15, 0.2) is 0 Å². The lowest BCUT2D eigenvalue weighted by Gasteiger charge is -2.53. The Balaban J connectivity index is 1.28. The Kier molecular flexibility index (Phi) is 4.76. The molecule has 6 rings (SSSR count). The molecule has 3 saturated carbocycles. The van der Waals surface area contributed by atoms with E-state index in [0.717, 1.165) is 36.5 Å².